The van der Waals surface area contributed by atoms with Gasteiger partial charge in [-0.1, -0.05) is 50.2 Å². The number of aromatic nitrogens is 1. The van der Waals surface area contributed by atoms with Gasteiger partial charge in [0.1, 0.15) is 0 Å². The van der Waals surface area contributed by atoms with Crippen molar-refractivity contribution in [1.29, 1.82) is 0 Å². The first-order valence-electron chi connectivity index (χ1n) is 8.21. The Hall–Kier alpha value is -1.71. The van der Waals surface area contributed by atoms with E-state index in [1.807, 2.05) is 18.5 Å². The topological polar surface area (TPSA) is 28.2 Å². The highest BCUT2D eigenvalue weighted by atomic mass is 15.2. The normalized spacial score (nSPS) is 12.5. The molecule has 0 aliphatic carbocycles. The Morgan fingerprint density at radius 1 is 1.00 bits per heavy atom. The summed E-state index contributed by atoms with van der Waals surface area (Å²) in [6.07, 6.45) is 4.83. The molecule has 0 saturated heterocycles. The van der Waals surface area contributed by atoms with Crippen LogP contribution in [0.25, 0.3) is 0 Å². The van der Waals surface area contributed by atoms with Crippen LogP contribution in [0.1, 0.15) is 25.0 Å². The summed E-state index contributed by atoms with van der Waals surface area (Å²) in [5.41, 5.74) is 2.64. The second-order valence-electron chi connectivity index (χ2n) is 5.56. The second-order valence-corrected chi connectivity index (χ2v) is 5.56. The van der Waals surface area contributed by atoms with Crippen LogP contribution >= 0.6 is 0 Å². The molecule has 0 bridgehead atoms. The van der Waals surface area contributed by atoms with E-state index in [4.69, 9.17) is 0 Å². The van der Waals surface area contributed by atoms with Crippen LogP contribution in [0, 0.1) is 0 Å². The quantitative estimate of drug-likeness (QED) is 0.771. The Kier molecular flexibility index (Phi) is 7.07. The summed E-state index contributed by atoms with van der Waals surface area (Å²) in [5.74, 6) is 0. The molecule has 0 aliphatic rings. The van der Waals surface area contributed by atoms with E-state index in [0.717, 1.165) is 32.6 Å². The van der Waals surface area contributed by atoms with E-state index in [1.165, 1.54) is 11.1 Å². The summed E-state index contributed by atoms with van der Waals surface area (Å²) < 4.78 is 0. The molecule has 1 heterocycles. The minimum Gasteiger partial charge on any atom is -0.311 e. The molecule has 0 amide bonds. The molecule has 1 unspecified atom stereocenters. The van der Waals surface area contributed by atoms with E-state index in [1.54, 1.807) is 0 Å². The standard InChI is InChI=1S/C19H27N3/c1-3-22(4-2)19(13-17-9-6-5-7-10-17)16-21-15-18-11-8-12-20-14-18/h5-12,14,19,21H,3-4,13,15-16H2,1-2H3. The van der Waals surface area contributed by atoms with Gasteiger partial charge in [0.2, 0.25) is 0 Å². The number of hydrogen-bond donors (Lipinski definition) is 1. The van der Waals surface area contributed by atoms with Crippen LogP contribution in [0.5, 0.6) is 0 Å². The van der Waals surface area contributed by atoms with E-state index in [9.17, 15) is 0 Å². The lowest BCUT2D eigenvalue weighted by atomic mass is 10.0. The highest BCUT2D eigenvalue weighted by Crippen LogP contribution is 2.09. The molecule has 0 spiro atoms. The van der Waals surface area contributed by atoms with E-state index in [-0.39, 0.29) is 0 Å². The van der Waals surface area contributed by atoms with Crippen molar-refractivity contribution >= 4 is 0 Å². The fourth-order valence-electron chi connectivity index (χ4n) is 2.84. The zero-order valence-electron chi connectivity index (χ0n) is 13.7. The molecule has 2 aromatic rings. The molecule has 22 heavy (non-hydrogen) atoms. The largest absolute Gasteiger partial charge is 0.311 e. The smallest absolute Gasteiger partial charge is 0.0312 e. The molecule has 1 aromatic carbocycles. The third kappa shape index (κ3) is 5.24. The van der Waals surface area contributed by atoms with Crippen LogP contribution in [-0.4, -0.2) is 35.6 Å². The highest BCUT2D eigenvalue weighted by molar-refractivity contribution is 5.16. The zero-order valence-corrected chi connectivity index (χ0v) is 13.7. The number of nitrogens with one attached hydrogen (secondary N) is 1. The second kappa shape index (κ2) is 9.34. The molecular formula is C19H27N3. The number of rotatable bonds is 9. The molecular weight excluding hydrogens is 270 g/mol. The first kappa shape index (κ1) is 16.7. The van der Waals surface area contributed by atoms with E-state index >= 15 is 0 Å². The summed E-state index contributed by atoms with van der Waals surface area (Å²) in [6.45, 7) is 8.52. The Morgan fingerprint density at radius 3 is 2.36 bits per heavy atom. The fourth-order valence-corrected chi connectivity index (χ4v) is 2.84. The van der Waals surface area contributed by atoms with Gasteiger partial charge in [-0.2, -0.15) is 0 Å². The highest BCUT2D eigenvalue weighted by Gasteiger charge is 2.15. The Bertz CT molecular complexity index is 509. The van der Waals surface area contributed by atoms with Crippen molar-refractivity contribution in [2.45, 2.75) is 32.9 Å². The van der Waals surface area contributed by atoms with Gasteiger partial charge in [0.05, 0.1) is 0 Å². The molecule has 1 N–H and O–H groups in total. The van der Waals surface area contributed by atoms with Gasteiger partial charge >= 0.3 is 0 Å². The third-order valence-electron chi connectivity index (χ3n) is 4.07. The maximum atomic E-state index is 4.17. The van der Waals surface area contributed by atoms with Gasteiger partial charge in [0.25, 0.3) is 0 Å². The minimum atomic E-state index is 0.522. The average Bonchev–Trinajstić information content (AvgIpc) is 2.57. The predicted molar refractivity (Wildman–Crippen MR) is 92.8 cm³/mol. The number of likely N-dealkylation sites (N-methyl/N-ethyl adjacent to an activating group) is 1. The van der Waals surface area contributed by atoms with Crippen molar-refractivity contribution in [3.05, 3.63) is 66.0 Å². The molecule has 2 rings (SSSR count). The zero-order chi connectivity index (χ0) is 15.6. The number of hydrogen-bond acceptors (Lipinski definition) is 3. The monoisotopic (exact) mass is 297 g/mol. The van der Waals surface area contributed by atoms with Gasteiger partial charge in [-0.05, 0) is 36.7 Å². The van der Waals surface area contributed by atoms with Crippen LogP contribution < -0.4 is 5.32 Å². The van der Waals surface area contributed by atoms with Crippen LogP contribution in [0.3, 0.4) is 0 Å². The maximum absolute atomic E-state index is 4.17. The Morgan fingerprint density at radius 2 is 1.73 bits per heavy atom. The molecule has 3 nitrogen and oxygen atoms in total. The molecule has 1 aromatic heterocycles. The molecule has 0 saturated carbocycles. The van der Waals surface area contributed by atoms with Gasteiger partial charge in [0, 0.05) is 31.5 Å². The van der Waals surface area contributed by atoms with Crippen molar-refractivity contribution in [2.75, 3.05) is 19.6 Å². The Balaban J connectivity index is 1.92. The summed E-state index contributed by atoms with van der Waals surface area (Å²) in [7, 11) is 0. The SMILES string of the molecule is CCN(CC)C(CNCc1cccnc1)Cc1ccccc1. The molecule has 3 heteroatoms. The van der Waals surface area contributed by atoms with Gasteiger partial charge in [-0.25, -0.2) is 0 Å². The molecule has 0 fully saturated rings. The number of benzene rings is 1. The van der Waals surface area contributed by atoms with Gasteiger partial charge in [-0.3, -0.25) is 9.88 Å². The fraction of sp³-hybridized carbons (Fsp3) is 0.421. The molecule has 118 valence electrons. The molecule has 1 atom stereocenters. The number of nitrogens with zero attached hydrogens (tertiary/aromatic N) is 2. The lowest BCUT2D eigenvalue weighted by molar-refractivity contribution is 0.209. The average molecular weight is 297 g/mol. The first-order valence-corrected chi connectivity index (χ1v) is 8.21. The maximum Gasteiger partial charge on any atom is 0.0312 e. The van der Waals surface area contributed by atoms with E-state index < -0.39 is 0 Å². The van der Waals surface area contributed by atoms with Crippen molar-refractivity contribution in [1.82, 2.24) is 15.2 Å². The van der Waals surface area contributed by atoms with E-state index in [0.29, 0.717) is 6.04 Å². The summed E-state index contributed by atoms with van der Waals surface area (Å²) in [4.78, 5) is 6.70. The summed E-state index contributed by atoms with van der Waals surface area (Å²) >= 11 is 0. The van der Waals surface area contributed by atoms with Crippen molar-refractivity contribution < 1.29 is 0 Å². The minimum absolute atomic E-state index is 0.522. The number of pyridine rings is 1. The molecule has 0 radical (unpaired) electrons. The van der Waals surface area contributed by atoms with Crippen LogP contribution in [-0.2, 0) is 13.0 Å². The summed E-state index contributed by atoms with van der Waals surface area (Å²) in [5, 5.41) is 3.59. The van der Waals surface area contributed by atoms with Crippen LogP contribution in [0.15, 0.2) is 54.9 Å². The van der Waals surface area contributed by atoms with Crippen LogP contribution in [0.2, 0.25) is 0 Å². The van der Waals surface area contributed by atoms with Gasteiger partial charge in [0.15, 0.2) is 0 Å². The Labute approximate surface area is 134 Å². The lowest BCUT2D eigenvalue weighted by Crippen LogP contribution is -2.43. The first-order chi connectivity index (χ1) is 10.8. The molecule has 0 aliphatic heterocycles. The van der Waals surface area contributed by atoms with Crippen LogP contribution in [0.4, 0.5) is 0 Å². The summed E-state index contributed by atoms with van der Waals surface area (Å²) in [6, 6.07) is 15.4. The van der Waals surface area contributed by atoms with Gasteiger partial charge in [-0.15, -0.1) is 0 Å². The lowest BCUT2D eigenvalue weighted by Gasteiger charge is -2.30. The van der Waals surface area contributed by atoms with Crippen molar-refractivity contribution in [3.63, 3.8) is 0 Å². The third-order valence-corrected chi connectivity index (χ3v) is 4.07. The van der Waals surface area contributed by atoms with Crippen molar-refractivity contribution in [3.8, 4) is 0 Å². The van der Waals surface area contributed by atoms with Gasteiger partial charge < -0.3 is 5.32 Å². The van der Waals surface area contributed by atoms with E-state index in [2.05, 4.69) is 65.4 Å². The predicted octanol–water partition coefficient (Wildman–Crippen LogP) is 3.12. The van der Waals surface area contributed by atoms with Crippen molar-refractivity contribution in [2.24, 2.45) is 0 Å².